The predicted molar refractivity (Wildman–Crippen MR) is 128 cm³/mol. The van der Waals surface area contributed by atoms with Gasteiger partial charge in [-0.2, -0.15) is 0 Å². The summed E-state index contributed by atoms with van der Waals surface area (Å²) in [6, 6.07) is -1.42. The molecule has 11 nitrogen and oxygen atoms in total. The van der Waals surface area contributed by atoms with Gasteiger partial charge in [0, 0.05) is 32.0 Å². The molecule has 1 rings (SSSR count). The molecule has 11 heteroatoms. The van der Waals surface area contributed by atoms with Gasteiger partial charge in [0.25, 0.3) is 0 Å². The van der Waals surface area contributed by atoms with Gasteiger partial charge in [0.05, 0.1) is 12.1 Å². The maximum Gasteiger partial charge on any atom is 0.337 e. The fraction of sp³-hybridized carbons (Fsp3) is 0.652. The first-order chi connectivity index (χ1) is 15.9. The normalized spacial score (nSPS) is 21.0. The van der Waals surface area contributed by atoms with E-state index in [9.17, 15) is 14.4 Å². The van der Waals surface area contributed by atoms with Crippen molar-refractivity contribution in [1.82, 2.24) is 5.32 Å². The van der Waals surface area contributed by atoms with Crippen molar-refractivity contribution in [2.24, 2.45) is 28.1 Å². The highest BCUT2D eigenvalue weighted by atomic mass is 16.7. The van der Waals surface area contributed by atoms with Gasteiger partial charge in [-0.15, -0.1) is 0 Å². The van der Waals surface area contributed by atoms with Gasteiger partial charge in [-0.3, -0.25) is 9.59 Å². The van der Waals surface area contributed by atoms with Gasteiger partial charge >= 0.3 is 11.9 Å². The molecule has 0 fully saturated rings. The van der Waals surface area contributed by atoms with Crippen molar-refractivity contribution in [3.05, 3.63) is 23.4 Å². The third-order valence-electron chi connectivity index (χ3n) is 5.29. The number of ether oxygens (including phenoxy) is 3. The van der Waals surface area contributed by atoms with E-state index in [1.54, 1.807) is 19.9 Å². The van der Waals surface area contributed by atoms with Crippen LogP contribution in [0.25, 0.3) is 0 Å². The van der Waals surface area contributed by atoms with E-state index in [4.69, 9.17) is 31.4 Å². The Kier molecular flexibility index (Phi) is 11.7. The summed E-state index contributed by atoms with van der Waals surface area (Å²) in [5, 5.41) is 2.85. The van der Waals surface area contributed by atoms with Crippen LogP contribution in [0.2, 0.25) is 0 Å². The van der Waals surface area contributed by atoms with Crippen LogP contribution in [0.1, 0.15) is 60.8 Å². The zero-order chi connectivity index (χ0) is 26.0. The molecule has 1 aliphatic rings. The Balaban J connectivity index is 3.21. The molecule has 0 bridgehead atoms. The molecule has 0 aliphatic heterocycles. The Morgan fingerprint density at radius 2 is 1.79 bits per heavy atom. The maximum atomic E-state index is 12.9. The summed E-state index contributed by atoms with van der Waals surface area (Å²) in [7, 11) is 0. The van der Waals surface area contributed by atoms with E-state index in [1.165, 1.54) is 20.0 Å². The smallest absolute Gasteiger partial charge is 0.337 e. The van der Waals surface area contributed by atoms with Gasteiger partial charge in [-0.1, -0.05) is 27.7 Å². The van der Waals surface area contributed by atoms with Crippen LogP contribution in [0.15, 0.2) is 28.4 Å². The number of nitrogens with one attached hydrogen (secondary N) is 1. The quantitative estimate of drug-likeness (QED) is 0.145. The Bertz CT molecular complexity index is 815. The molecule has 0 aromatic heterocycles. The summed E-state index contributed by atoms with van der Waals surface area (Å²) in [4.78, 5) is 40.8. The monoisotopic (exact) mass is 481 g/mol. The average Bonchev–Trinajstić information content (AvgIpc) is 2.75. The number of hydrogen-bond acceptors (Lipinski definition) is 8. The molecule has 1 amide bonds. The highest BCUT2D eigenvalue weighted by molar-refractivity contribution is 5.90. The summed E-state index contributed by atoms with van der Waals surface area (Å²) >= 11 is 0. The summed E-state index contributed by atoms with van der Waals surface area (Å²) in [5.74, 6) is -1.95. The number of nitrogens with zero attached hydrogens (tertiary/aromatic N) is 1. The standard InChI is InChI=1S/C23H39N5O6/c1-7-17(8-2)34-18-10-15(9-16(11-27-23(25)26)20(18)28-13(5)29)21(30)32-14(6)33-22(31)19(24)12(3)4/h10-12,14,17-20H,7-9,24H2,1-6H3,(H,28,29)(H4,25,26,27)/b16-11+. The minimum atomic E-state index is -1.15. The molecule has 4 atom stereocenters. The van der Waals surface area contributed by atoms with Crippen molar-refractivity contribution in [2.45, 2.75) is 91.4 Å². The van der Waals surface area contributed by atoms with Gasteiger partial charge in [0.15, 0.2) is 5.96 Å². The molecule has 0 spiro atoms. The van der Waals surface area contributed by atoms with Gasteiger partial charge in [0.2, 0.25) is 12.2 Å². The first kappa shape index (κ1) is 29.1. The lowest BCUT2D eigenvalue weighted by Crippen LogP contribution is -2.48. The SMILES string of the molecule is CCC(CC)OC1C=C(C(=O)OC(C)OC(=O)C(N)C(C)C)C/C(=C\N=C(N)N)C1NC(C)=O. The van der Waals surface area contributed by atoms with Crippen LogP contribution in [0.5, 0.6) is 0 Å². The highest BCUT2D eigenvalue weighted by Crippen LogP contribution is 2.29. The Labute approximate surface area is 201 Å². The first-order valence-corrected chi connectivity index (χ1v) is 11.5. The van der Waals surface area contributed by atoms with Crippen LogP contribution in [0, 0.1) is 5.92 Å². The van der Waals surface area contributed by atoms with E-state index >= 15 is 0 Å². The number of rotatable bonds is 11. The second-order valence-corrected chi connectivity index (χ2v) is 8.52. The lowest BCUT2D eigenvalue weighted by Gasteiger charge is -2.34. The molecule has 192 valence electrons. The number of carbonyl (C=O) groups excluding carboxylic acids is 3. The molecule has 34 heavy (non-hydrogen) atoms. The van der Waals surface area contributed by atoms with E-state index in [-0.39, 0.29) is 35.9 Å². The lowest BCUT2D eigenvalue weighted by molar-refractivity contribution is -0.183. The fourth-order valence-corrected chi connectivity index (χ4v) is 3.30. The van der Waals surface area contributed by atoms with Crippen LogP contribution in [-0.2, 0) is 28.6 Å². The number of amides is 1. The van der Waals surface area contributed by atoms with Gasteiger partial charge in [-0.25, -0.2) is 9.79 Å². The van der Waals surface area contributed by atoms with Crippen LogP contribution in [0.4, 0.5) is 0 Å². The van der Waals surface area contributed by atoms with Gasteiger partial charge < -0.3 is 36.7 Å². The second kappa shape index (κ2) is 13.7. The van der Waals surface area contributed by atoms with Crippen molar-refractivity contribution in [1.29, 1.82) is 0 Å². The number of guanidine groups is 1. The molecular weight excluding hydrogens is 442 g/mol. The average molecular weight is 482 g/mol. The summed E-state index contributed by atoms with van der Waals surface area (Å²) in [6.07, 6.45) is 2.67. The van der Waals surface area contributed by atoms with Crippen molar-refractivity contribution >= 4 is 23.8 Å². The molecule has 0 aromatic carbocycles. The maximum absolute atomic E-state index is 12.9. The number of carbonyl (C=O) groups is 3. The topological polar surface area (TPSA) is 181 Å². The predicted octanol–water partition coefficient (Wildman–Crippen LogP) is 0.968. The molecule has 0 saturated carbocycles. The van der Waals surface area contributed by atoms with Crippen LogP contribution in [0.3, 0.4) is 0 Å². The van der Waals surface area contributed by atoms with Gasteiger partial charge in [0.1, 0.15) is 12.1 Å². The molecule has 7 N–H and O–H groups in total. The third-order valence-corrected chi connectivity index (χ3v) is 5.29. The minimum Gasteiger partial charge on any atom is -0.424 e. The molecule has 0 heterocycles. The summed E-state index contributed by atoms with van der Waals surface area (Å²) in [6.45, 7) is 10.4. The third kappa shape index (κ3) is 9.14. The molecule has 0 radical (unpaired) electrons. The molecule has 4 unspecified atom stereocenters. The molecule has 0 aromatic rings. The van der Waals surface area contributed by atoms with Crippen molar-refractivity contribution in [2.75, 3.05) is 0 Å². The van der Waals surface area contributed by atoms with Crippen LogP contribution < -0.4 is 22.5 Å². The Morgan fingerprint density at radius 3 is 2.29 bits per heavy atom. The molecular formula is C23H39N5O6. The number of hydrogen-bond donors (Lipinski definition) is 4. The van der Waals surface area contributed by atoms with Crippen molar-refractivity contribution in [3.8, 4) is 0 Å². The van der Waals surface area contributed by atoms with E-state index in [0.717, 1.165) is 12.8 Å². The van der Waals surface area contributed by atoms with E-state index < -0.39 is 36.4 Å². The van der Waals surface area contributed by atoms with E-state index in [1.807, 2.05) is 13.8 Å². The van der Waals surface area contributed by atoms with Crippen LogP contribution >= 0.6 is 0 Å². The number of nitrogens with two attached hydrogens (primary N) is 3. The largest absolute Gasteiger partial charge is 0.424 e. The van der Waals surface area contributed by atoms with Crippen molar-refractivity contribution < 1.29 is 28.6 Å². The first-order valence-electron chi connectivity index (χ1n) is 11.5. The highest BCUT2D eigenvalue weighted by Gasteiger charge is 2.35. The second-order valence-electron chi connectivity index (χ2n) is 8.52. The zero-order valence-electron chi connectivity index (χ0n) is 20.9. The Morgan fingerprint density at radius 1 is 1.18 bits per heavy atom. The Hall–Kier alpha value is -2.92. The van der Waals surface area contributed by atoms with Crippen LogP contribution in [-0.4, -0.2) is 54.4 Å². The van der Waals surface area contributed by atoms with E-state index in [2.05, 4.69) is 10.3 Å². The number of esters is 2. The molecule has 1 aliphatic carbocycles. The van der Waals surface area contributed by atoms with E-state index in [0.29, 0.717) is 5.57 Å². The minimum absolute atomic E-state index is 0.0928. The molecule has 0 saturated heterocycles. The van der Waals surface area contributed by atoms with Gasteiger partial charge in [-0.05, 0) is 30.4 Å². The fourth-order valence-electron chi connectivity index (χ4n) is 3.30. The van der Waals surface area contributed by atoms with Crippen molar-refractivity contribution in [3.63, 3.8) is 0 Å². The summed E-state index contributed by atoms with van der Waals surface area (Å²) < 4.78 is 16.7. The lowest BCUT2D eigenvalue weighted by atomic mass is 9.87. The summed E-state index contributed by atoms with van der Waals surface area (Å²) in [5.41, 5.74) is 17.5. The number of aliphatic imine (C=N–C) groups is 1. The zero-order valence-corrected chi connectivity index (χ0v) is 20.9.